The van der Waals surface area contributed by atoms with Gasteiger partial charge in [-0.25, -0.2) is 0 Å². The lowest BCUT2D eigenvalue weighted by Gasteiger charge is -2.25. The summed E-state index contributed by atoms with van der Waals surface area (Å²) in [5, 5.41) is 8.01. The lowest BCUT2D eigenvalue weighted by Crippen LogP contribution is -2.33. The fraction of sp³-hybridized carbons (Fsp3) is 0.769. The quantitative estimate of drug-likeness (QED) is 0.824. The van der Waals surface area contributed by atoms with Crippen molar-refractivity contribution in [3.8, 4) is 0 Å². The highest BCUT2D eigenvalue weighted by Crippen LogP contribution is 2.24. The number of rotatable bonds is 5. The van der Waals surface area contributed by atoms with E-state index in [0.29, 0.717) is 5.41 Å². The first kappa shape index (κ1) is 11.6. The molecule has 0 bridgehead atoms. The van der Waals surface area contributed by atoms with Crippen LogP contribution in [0.5, 0.6) is 0 Å². The lowest BCUT2D eigenvalue weighted by atomic mass is 9.87. The van der Waals surface area contributed by atoms with Gasteiger partial charge in [-0.3, -0.25) is 4.68 Å². The minimum absolute atomic E-state index is 0.308. The van der Waals surface area contributed by atoms with Crippen molar-refractivity contribution in [3.05, 3.63) is 17.5 Å². The monoisotopic (exact) mass is 221 g/mol. The van der Waals surface area contributed by atoms with Gasteiger partial charge in [-0.05, 0) is 37.7 Å². The number of nitrogens with zero attached hydrogens (tertiary/aromatic N) is 2. The molecular formula is C13H23N3. The Morgan fingerprint density at radius 2 is 2.19 bits per heavy atom. The van der Waals surface area contributed by atoms with E-state index in [-0.39, 0.29) is 0 Å². The zero-order valence-electron chi connectivity index (χ0n) is 10.9. The molecule has 1 aliphatic carbocycles. The maximum Gasteiger partial charge on any atom is 0.0596 e. The maximum atomic E-state index is 4.40. The van der Waals surface area contributed by atoms with Gasteiger partial charge in [0.05, 0.1) is 5.69 Å². The second-order valence-electron chi connectivity index (χ2n) is 5.90. The molecule has 16 heavy (non-hydrogen) atoms. The smallest absolute Gasteiger partial charge is 0.0596 e. The third kappa shape index (κ3) is 3.08. The van der Waals surface area contributed by atoms with Gasteiger partial charge in [0.15, 0.2) is 0 Å². The molecule has 0 amide bonds. The average molecular weight is 221 g/mol. The van der Waals surface area contributed by atoms with Crippen molar-refractivity contribution in [2.75, 3.05) is 6.54 Å². The predicted molar refractivity (Wildman–Crippen MR) is 66.5 cm³/mol. The van der Waals surface area contributed by atoms with Gasteiger partial charge in [-0.1, -0.05) is 13.8 Å². The van der Waals surface area contributed by atoms with Crippen molar-refractivity contribution >= 4 is 0 Å². The summed E-state index contributed by atoms with van der Waals surface area (Å²) in [6, 6.07) is 2.99. The van der Waals surface area contributed by atoms with Crippen LogP contribution >= 0.6 is 0 Å². The summed E-state index contributed by atoms with van der Waals surface area (Å²) < 4.78 is 2.01. The van der Waals surface area contributed by atoms with E-state index < -0.39 is 0 Å². The topological polar surface area (TPSA) is 29.9 Å². The molecule has 3 heteroatoms. The Hall–Kier alpha value is -0.830. The minimum Gasteiger partial charge on any atom is -0.313 e. The van der Waals surface area contributed by atoms with E-state index in [1.165, 1.54) is 18.5 Å². The van der Waals surface area contributed by atoms with Crippen LogP contribution in [0.2, 0.25) is 0 Å². The van der Waals surface area contributed by atoms with E-state index in [9.17, 15) is 0 Å². The van der Waals surface area contributed by atoms with Crippen LogP contribution in [0.4, 0.5) is 0 Å². The van der Waals surface area contributed by atoms with Gasteiger partial charge >= 0.3 is 0 Å². The fourth-order valence-corrected chi connectivity index (χ4v) is 2.09. The number of hydrogen-bond acceptors (Lipinski definition) is 2. The van der Waals surface area contributed by atoms with Crippen molar-refractivity contribution in [2.24, 2.45) is 12.5 Å². The van der Waals surface area contributed by atoms with E-state index in [2.05, 4.69) is 37.3 Å². The van der Waals surface area contributed by atoms with Crippen LogP contribution in [-0.4, -0.2) is 22.4 Å². The Balaban J connectivity index is 1.92. The molecule has 0 atom stereocenters. The largest absolute Gasteiger partial charge is 0.313 e. The summed E-state index contributed by atoms with van der Waals surface area (Å²) in [6.07, 6.45) is 3.81. The van der Waals surface area contributed by atoms with E-state index in [0.717, 1.165) is 24.7 Å². The Morgan fingerprint density at radius 3 is 2.69 bits per heavy atom. The van der Waals surface area contributed by atoms with Crippen molar-refractivity contribution < 1.29 is 0 Å². The molecule has 0 radical (unpaired) electrons. The van der Waals surface area contributed by atoms with Crippen LogP contribution in [0.3, 0.4) is 0 Å². The van der Waals surface area contributed by atoms with Crippen molar-refractivity contribution in [3.63, 3.8) is 0 Å². The summed E-state index contributed by atoms with van der Waals surface area (Å²) in [6.45, 7) is 7.80. The standard InChI is InChI=1S/C13H23N3/c1-10-7-12(16(4)15-10)8-13(2,3)9-14-11-5-6-11/h7,11,14H,5-6,8-9H2,1-4H3. The molecular weight excluding hydrogens is 198 g/mol. The van der Waals surface area contributed by atoms with E-state index in [1.54, 1.807) is 0 Å². The van der Waals surface area contributed by atoms with E-state index in [1.807, 2.05) is 11.7 Å². The van der Waals surface area contributed by atoms with Crippen LogP contribution in [0.15, 0.2) is 6.07 Å². The Kier molecular flexibility index (Phi) is 3.06. The first-order chi connectivity index (χ1) is 7.46. The predicted octanol–water partition coefficient (Wildman–Crippen LogP) is 2.05. The highest BCUT2D eigenvalue weighted by Gasteiger charge is 2.26. The molecule has 0 spiro atoms. The number of nitrogens with one attached hydrogen (secondary N) is 1. The molecule has 0 aromatic carbocycles. The van der Waals surface area contributed by atoms with Gasteiger partial charge in [-0.2, -0.15) is 5.10 Å². The molecule has 1 aliphatic rings. The van der Waals surface area contributed by atoms with Crippen LogP contribution in [0.25, 0.3) is 0 Å². The molecule has 1 fully saturated rings. The molecule has 3 nitrogen and oxygen atoms in total. The molecule has 1 aromatic rings. The summed E-state index contributed by atoms with van der Waals surface area (Å²) in [5.41, 5.74) is 2.76. The zero-order valence-corrected chi connectivity index (χ0v) is 10.9. The first-order valence-corrected chi connectivity index (χ1v) is 6.19. The van der Waals surface area contributed by atoms with Gasteiger partial charge in [0, 0.05) is 25.3 Å². The van der Waals surface area contributed by atoms with E-state index in [4.69, 9.17) is 0 Å². The third-order valence-electron chi connectivity index (χ3n) is 3.21. The van der Waals surface area contributed by atoms with Crippen molar-refractivity contribution in [2.45, 2.75) is 46.1 Å². The average Bonchev–Trinajstić information content (AvgIpc) is 2.92. The molecule has 1 N–H and O–H groups in total. The van der Waals surface area contributed by atoms with Gasteiger partial charge in [0.2, 0.25) is 0 Å². The van der Waals surface area contributed by atoms with Gasteiger partial charge < -0.3 is 5.32 Å². The summed E-state index contributed by atoms with van der Waals surface area (Å²) in [5.74, 6) is 0. The highest BCUT2D eigenvalue weighted by molar-refractivity contribution is 5.10. The molecule has 0 unspecified atom stereocenters. The van der Waals surface area contributed by atoms with Crippen LogP contribution in [0.1, 0.15) is 38.1 Å². The van der Waals surface area contributed by atoms with Crippen LogP contribution in [0, 0.1) is 12.3 Å². The SMILES string of the molecule is Cc1cc(CC(C)(C)CNC2CC2)n(C)n1. The fourth-order valence-electron chi connectivity index (χ4n) is 2.09. The second-order valence-corrected chi connectivity index (χ2v) is 5.90. The van der Waals surface area contributed by atoms with E-state index >= 15 is 0 Å². The maximum absolute atomic E-state index is 4.40. The highest BCUT2D eigenvalue weighted by atomic mass is 15.3. The molecule has 1 aromatic heterocycles. The summed E-state index contributed by atoms with van der Waals surface area (Å²) in [4.78, 5) is 0. The van der Waals surface area contributed by atoms with Crippen molar-refractivity contribution in [1.29, 1.82) is 0 Å². The summed E-state index contributed by atoms with van der Waals surface area (Å²) >= 11 is 0. The molecule has 0 aliphatic heterocycles. The van der Waals surface area contributed by atoms with Gasteiger partial charge in [0.1, 0.15) is 0 Å². The Morgan fingerprint density at radius 1 is 1.50 bits per heavy atom. The lowest BCUT2D eigenvalue weighted by molar-refractivity contribution is 0.329. The first-order valence-electron chi connectivity index (χ1n) is 6.19. The third-order valence-corrected chi connectivity index (χ3v) is 3.21. The molecule has 1 saturated carbocycles. The normalized spacial score (nSPS) is 16.8. The molecule has 2 rings (SSSR count). The number of hydrogen-bond donors (Lipinski definition) is 1. The van der Waals surface area contributed by atoms with Crippen LogP contribution < -0.4 is 5.32 Å². The molecule has 0 saturated heterocycles. The second kappa shape index (κ2) is 4.21. The van der Waals surface area contributed by atoms with Gasteiger partial charge in [0.25, 0.3) is 0 Å². The zero-order chi connectivity index (χ0) is 11.8. The number of aryl methyl sites for hydroxylation is 2. The minimum atomic E-state index is 0.308. The summed E-state index contributed by atoms with van der Waals surface area (Å²) in [7, 11) is 2.03. The number of aromatic nitrogens is 2. The van der Waals surface area contributed by atoms with Gasteiger partial charge in [-0.15, -0.1) is 0 Å². The van der Waals surface area contributed by atoms with Crippen molar-refractivity contribution in [1.82, 2.24) is 15.1 Å². The molecule has 1 heterocycles. The Bertz CT molecular complexity index is 361. The van der Waals surface area contributed by atoms with Crippen LogP contribution in [-0.2, 0) is 13.5 Å². The molecule has 90 valence electrons. The Labute approximate surface area is 98.2 Å².